The maximum Gasteiger partial charge on any atom is 0.115 e. The second kappa shape index (κ2) is 3.64. The van der Waals surface area contributed by atoms with Crippen LogP contribution in [0.3, 0.4) is 0 Å². The van der Waals surface area contributed by atoms with Crippen LogP contribution in [0.25, 0.3) is 0 Å². The van der Waals surface area contributed by atoms with Gasteiger partial charge in [0.05, 0.1) is 0 Å². The summed E-state index contributed by atoms with van der Waals surface area (Å²) in [5, 5.41) is 0. The fraction of sp³-hybridized carbons (Fsp3) is 0.500. The van der Waals surface area contributed by atoms with Crippen LogP contribution in [0, 0.1) is 5.92 Å². The molecule has 0 aliphatic carbocycles. The smallest absolute Gasteiger partial charge is 0.115 e. The summed E-state index contributed by atoms with van der Waals surface area (Å²) in [5.41, 5.74) is 2.24. The second-order valence-electron chi connectivity index (χ2n) is 3.56. The first-order valence-corrected chi connectivity index (χ1v) is 4.65. The zero-order valence-corrected chi connectivity index (χ0v) is 7.77. The molecule has 1 unspecified atom stereocenters. The molecule has 0 N–H and O–H groups in total. The molecule has 0 radical (unpaired) electrons. The molecule has 0 amide bonds. The zero-order valence-electron chi connectivity index (χ0n) is 7.77. The van der Waals surface area contributed by atoms with E-state index in [1.807, 2.05) is 12.4 Å². The van der Waals surface area contributed by atoms with Crippen molar-refractivity contribution in [2.24, 2.45) is 10.9 Å². The number of hydrogen-bond acceptors (Lipinski definition) is 3. The van der Waals surface area contributed by atoms with Crippen LogP contribution in [0.1, 0.15) is 25.3 Å². The van der Waals surface area contributed by atoms with Gasteiger partial charge in [-0.2, -0.15) is 0 Å². The lowest BCUT2D eigenvalue weighted by Gasteiger charge is -2.16. The average Bonchev–Trinajstić information content (AvgIpc) is 2.20. The van der Waals surface area contributed by atoms with Crippen molar-refractivity contribution in [1.29, 1.82) is 0 Å². The largest absolute Gasteiger partial charge is 0.289 e. The van der Waals surface area contributed by atoms with Crippen molar-refractivity contribution in [2.75, 3.05) is 6.54 Å². The van der Waals surface area contributed by atoms with Crippen molar-refractivity contribution in [3.05, 3.63) is 24.3 Å². The molecule has 3 nitrogen and oxygen atoms in total. The van der Waals surface area contributed by atoms with Gasteiger partial charge in [0.1, 0.15) is 6.33 Å². The molecule has 1 aliphatic rings. The second-order valence-corrected chi connectivity index (χ2v) is 3.56. The van der Waals surface area contributed by atoms with Gasteiger partial charge in [-0.15, -0.1) is 0 Å². The van der Waals surface area contributed by atoms with Crippen molar-refractivity contribution in [3.63, 3.8) is 0 Å². The van der Waals surface area contributed by atoms with Crippen LogP contribution in [0.4, 0.5) is 0 Å². The van der Waals surface area contributed by atoms with Gasteiger partial charge in [0.2, 0.25) is 0 Å². The van der Waals surface area contributed by atoms with Gasteiger partial charge in [0.15, 0.2) is 0 Å². The lowest BCUT2D eigenvalue weighted by Crippen LogP contribution is -2.14. The lowest BCUT2D eigenvalue weighted by atomic mass is 9.97. The Morgan fingerprint density at radius 3 is 2.69 bits per heavy atom. The van der Waals surface area contributed by atoms with Crippen molar-refractivity contribution >= 4 is 5.71 Å². The van der Waals surface area contributed by atoms with Crippen LogP contribution in [-0.4, -0.2) is 22.2 Å². The molecule has 13 heavy (non-hydrogen) atoms. The maximum atomic E-state index is 4.52. The quantitative estimate of drug-likeness (QED) is 0.651. The minimum Gasteiger partial charge on any atom is -0.289 e. The Hall–Kier alpha value is -1.25. The van der Waals surface area contributed by atoms with E-state index >= 15 is 0 Å². The SMILES string of the molecule is CC1CCC(c2cncnc2)=NC1. The van der Waals surface area contributed by atoms with Crippen molar-refractivity contribution in [1.82, 2.24) is 9.97 Å². The first-order chi connectivity index (χ1) is 6.36. The molecular weight excluding hydrogens is 162 g/mol. The van der Waals surface area contributed by atoms with Crippen LogP contribution >= 0.6 is 0 Å². The Labute approximate surface area is 77.9 Å². The van der Waals surface area contributed by atoms with E-state index in [0.717, 1.165) is 24.4 Å². The monoisotopic (exact) mass is 175 g/mol. The van der Waals surface area contributed by atoms with Crippen molar-refractivity contribution in [2.45, 2.75) is 19.8 Å². The summed E-state index contributed by atoms with van der Waals surface area (Å²) in [6.07, 6.45) is 7.52. The summed E-state index contributed by atoms with van der Waals surface area (Å²) in [5.74, 6) is 0.730. The Morgan fingerprint density at radius 2 is 2.08 bits per heavy atom. The molecule has 0 fully saturated rings. The summed E-state index contributed by atoms with van der Waals surface area (Å²) in [7, 11) is 0. The van der Waals surface area contributed by atoms with E-state index in [0.29, 0.717) is 0 Å². The van der Waals surface area contributed by atoms with Crippen LogP contribution < -0.4 is 0 Å². The normalized spacial score (nSPS) is 22.5. The predicted octanol–water partition coefficient (Wildman–Crippen LogP) is 1.70. The Kier molecular flexibility index (Phi) is 2.34. The lowest BCUT2D eigenvalue weighted by molar-refractivity contribution is 0.538. The first-order valence-electron chi connectivity index (χ1n) is 4.65. The van der Waals surface area contributed by atoms with E-state index < -0.39 is 0 Å². The molecule has 1 atom stereocenters. The average molecular weight is 175 g/mol. The standard InChI is InChI=1S/C10H13N3/c1-8-2-3-10(13-4-8)9-5-11-7-12-6-9/h5-8H,2-4H2,1H3. The van der Waals surface area contributed by atoms with E-state index in [9.17, 15) is 0 Å². The highest BCUT2D eigenvalue weighted by Gasteiger charge is 2.12. The topological polar surface area (TPSA) is 38.1 Å². The molecule has 2 rings (SSSR count). The molecule has 0 spiro atoms. The molecule has 0 saturated heterocycles. The highest BCUT2D eigenvalue weighted by molar-refractivity contribution is 6.00. The third-order valence-electron chi connectivity index (χ3n) is 2.36. The van der Waals surface area contributed by atoms with Gasteiger partial charge < -0.3 is 0 Å². The molecule has 68 valence electrons. The Bertz CT molecular complexity index is 305. The van der Waals surface area contributed by atoms with Gasteiger partial charge in [0.25, 0.3) is 0 Å². The van der Waals surface area contributed by atoms with E-state index in [1.54, 1.807) is 6.33 Å². The Morgan fingerprint density at radius 1 is 1.31 bits per heavy atom. The number of aliphatic imine (C=N–C) groups is 1. The minimum atomic E-state index is 0.730. The van der Waals surface area contributed by atoms with E-state index in [-0.39, 0.29) is 0 Å². The molecular formula is C10H13N3. The van der Waals surface area contributed by atoms with E-state index in [1.165, 1.54) is 12.1 Å². The molecule has 3 heteroatoms. The summed E-state index contributed by atoms with van der Waals surface area (Å²) < 4.78 is 0. The van der Waals surface area contributed by atoms with Crippen LogP contribution in [0.15, 0.2) is 23.7 Å². The third-order valence-corrected chi connectivity index (χ3v) is 2.36. The number of nitrogens with zero attached hydrogens (tertiary/aromatic N) is 3. The number of rotatable bonds is 1. The summed E-state index contributed by atoms with van der Waals surface area (Å²) in [4.78, 5) is 12.5. The van der Waals surface area contributed by atoms with Gasteiger partial charge in [-0.3, -0.25) is 4.99 Å². The molecule has 0 saturated carbocycles. The Balaban J connectivity index is 2.19. The maximum absolute atomic E-state index is 4.52. The van der Waals surface area contributed by atoms with Crippen LogP contribution in [0.5, 0.6) is 0 Å². The minimum absolute atomic E-state index is 0.730. The predicted molar refractivity (Wildman–Crippen MR) is 51.8 cm³/mol. The molecule has 0 aromatic carbocycles. The molecule has 0 bridgehead atoms. The fourth-order valence-corrected chi connectivity index (χ4v) is 1.50. The summed E-state index contributed by atoms with van der Waals surface area (Å²) in [6.45, 7) is 3.19. The highest BCUT2D eigenvalue weighted by atomic mass is 14.8. The van der Waals surface area contributed by atoms with Crippen molar-refractivity contribution in [3.8, 4) is 0 Å². The molecule has 2 heterocycles. The number of hydrogen-bond donors (Lipinski definition) is 0. The molecule has 1 aromatic rings. The molecule has 1 aromatic heterocycles. The number of aromatic nitrogens is 2. The summed E-state index contributed by atoms with van der Waals surface area (Å²) >= 11 is 0. The fourth-order valence-electron chi connectivity index (χ4n) is 1.50. The zero-order chi connectivity index (χ0) is 9.10. The first kappa shape index (κ1) is 8.35. The third kappa shape index (κ3) is 1.91. The van der Waals surface area contributed by atoms with Gasteiger partial charge in [-0.25, -0.2) is 9.97 Å². The van der Waals surface area contributed by atoms with Crippen molar-refractivity contribution < 1.29 is 0 Å². The van der Waals surface area contributed by atoms with E-state index in [4.69, 9.17) is 0 Å². The van der Waals surface area contributed by atoms with Crippen LogP contribution in [-0.2, 0) is 0 Å². The molecule has 1 aliphatic heterocycles. The van der Waals surface area contributed by atoms with Gasteiger partial charge in [-0.05, 0) is 18.8 Å². The summed E-state index contributed by atoms with van der Waals surface area (Å²) in [6, 6.07) is 0. The van der Waals surface area contributed by atoms with Gasteiger partial charge >= 0.3 is 0 Å². The van der Waals surface area contributed by atoms with E-state index in [2.05, 4.69) is 21.9 Å². The van der Waals surface area contributed by atoms with Gasteiger partial charge in [-0.1, -0.05) is 6.92 Å². The highest BCUT2D eigenvalue weighted by Crippen LogP contribution is 2.16. The van der Waals surface area contributed by atoms with Crippen LogP contribution in [0.2, 0.25) is 0 Å². The van der Waals surface area contributed by atoms with Gasteiger partial charge in [0, 0.05) is 30.2 Å².